The summed E-state index contributed by atoms with van der Waals surface area (Å²) in [6.45, 7) is 19.1. The first-order chi connectivity index (χ1) is 26.1. The lowest BCUT2D eigenvalue weighted by atomic mass is 9.74. The van der Waals surface area contributed by atoms with E-state index >= 15 is 0 Å². The fraction of sp³-hybridized carbons (Fsp3) is 0.800. The molecule has 0 aromatic carbocycles. The highest BCUT2D eigenvalue weighted by atomic mass is 16.7. The van der Waals surface area contributed by atoms with Crippen LogP contribution in [0.1, 0.15) is 121 Å². The maximum absolute atomic E-state index is 13.5. The lowest BCUT2D eigenvalue weighted by Gasteiger charge is -2.55. The predicted octanol–water partition coefficient (Wildman–Crippen LogP) is 5.88. The number of carbonyl (C=O) groups excluding carboxylic acids is 3. The fourth-order valence-corrected chi connectivity index (χ4v) is 9.01. The molecule has 0 amide bonds. The summed E-state index contributed by atoms with van der Waals surface area (Å²) < 4.78 is 20.0. The van der Waals surface area contributed by atoms with Crippen LogP contribution >= 0.6 is 0 Å². The fourth-order valence-electron chi connectivity index (χ4n) is 9.01. The molecule has 18 atom stereocenters. The molecular formula is C45H74O11. The molecule has 11 heteroatoms. The molecule has 2 saturated heterocycles. The maximum Gasteiger partial charge on any atom is 0.330 e. The molecular weight excluding hydrogens is 716 g/mol. The molecule has 0 saturated carbocycles. The van der Waals surface area contributed by atoms with Crippen molar-refractivity contribution in [2.24, 2.45) is 53.3 Å². The van der Waals surface area contributed by atoms with Crippen molar-refractivity contribution >= 4 is 17.5 Å². The molecule has 0 aromatic rings. The summed E-state index contributed by atoms with van der Waals surface area (Å²) in [4.78, 5) is 40.5. The van der Waals surface area contributed by atoms with Gasteiger partial charge >= 0.3 is 5.97 Å². The summed E-state index contributed by atoms with van der Waals surface area (Å²) >= 11 is 0. The summed E-state index contributed by atoms with van der Waals surface area (Å²) in [6.07, 6.45) is 9.62. The number of carbonyl (C=O) groups is 3. The first-order valence-electron chi connectivity index (χ1n) is 21.2. The second-order valence-electron chi connectivity index (χ2n) is 18.0. The van der Waals surface area contributed by atoms with Gasteiger partial charge in [0, 0.05) is 48.0 Å². The first kappa shape index (κ1) is 48.1. The molecule has 0 unspecified atom stereocenters. The summed E-state index contributed by atoms with van der Waals surface area (Å²) in [5.74, 6) is -7.28. The van der Waals surface area contributed by atoms with Gasteiger partial charge in [-0.1, -0.05) is 92.7 Å². The second-order valence-corrected chi connectivity index (χ2v) is 18.0. The normalized spacial score (nSPS) is 45.1. The van der Waals surface area contributed by atoms with Crippen molar-refractivity contribution in [1.82, 2.24) is 0 Å². The SMILES string of the molecule is CC[C@@H]1C=CC=CC[C@H](C)[C@@H](O)[C@](C)(O)C(=O)[C@H](C)[C@@H](O)[C@H](C)C(=O)[C@H](C)[C@@H](O)[C@H](C)C=CC(=O)O[C@@H]2[C@@H](C)[C@H](CC1)O[C@]1(CC[C@@H](C)[C@@H](C[C@@H](C)O)O1)[C@@H]2C. The van der Waals surface area contributed by atoms with Gasteiger partial charge in [0.15, 0.2) is 11.6 Å². The van der Waals surface area contributed by atoms with Crippen LogP contribution in [0.4, 0.5) is 0 Å². The van der Waals surface area contributed by atoms with Gasteiger partial charge in [-0.3, -0.25) is 9.59 Å². The van der Waals surface area contributed by atoms with E-state index in [0.29, 0.717) is 25.7 Å². The molecule has 1 spiro atoms. The second kappa shape index (κ2) is 20.6. The van der Waals surface area contributed by atoms with Crippen LogP contribution in [0.15, 0.2) is 36.5 Å². The smallest absolute Gasteiger partial charge is 0.330 e. The molecule has 5 N–H and O–H groups in total. The monoisotopic (exact) mass is 791 g/mol. The number of rotatable bonds is 3. The Morgan fingerprint density at radius 1 is 0.839 bits per heavy atom. The predicted molar refractivity (Wildman–Crippen MR) is 215 cm³/mol. The van der Waals surface area contributed by atoms with E-state index in [0.717, 1.165) is 19.3 Å². The minimum Gasteiger partial charge on any atom is -0.458 e. The molecule has 0 aromatic heterocycles. The van der Waals surface area contributed by atoms with Crippen LogP contribution in [-0.2, 0) is 28.6 Å². The Morgan fingerprint density at radius 3 is 2.11 bits per heavy atom. The molecule has 320 valence electrons. The van der Waals surface area contributed by atoms with Gasteiger partial charge in [-0.2, -0.15) is 0 Å². The van der Waals surface area contributed by atoms with Crippen molar-refractivity contribution in [3.63, 3.8) is 0 Å². The van der Waals surface area contributed by atoms with E-state index in [1.165, 1.54) is 39.8 Å². The molecule has 2 bridgehead atoms. The zero-order valence-corrected chi connectivity index (χ0v) is 35.8. The van der Waals surface area contributed by atoms with E-state index in [1.807, 2.05) is 32.1 Å². The van der Waals surface area contributed by atoms with Crippen molar-refractivity contribution in [1.29, 1.82) is 0 Å². The number of hydrogen-bond donors (Lipinski definition) is 5. The third-order valence-electron chi connectivity index (χ3n) is 13.4. The molecule has 3 rings (SSSR count). The third kappa shape index (κ3) is 11.5. The number of hydrogen-bond acceptors (Lipinski definition) is 11. The van der Waals surface area contributed by atoms with Crippen molar-refractivity contribution in [3.05, 3.63) is 36.5 Å². The molecule has 3 heterocycles. The molecule has 0 aliphatic carbocycles. The molecule has 56 heavy (non-hydrogen) atoms. The van der Waals surface area contributed by atoms with Crippen LogP contribution in [-0.4, -0.2) is 97.2 Å². The topological polar surface area (TPSA) is 180 Å². The standard InChI is InChI=1S/C45H74O11/c1-12-34-17-15-13-14-16-27(4)42(51)44(11,53)43(52)32(9)40(50)31(8)39(49)30(7)38(48)26(3)18-21-37(47)54-41-29(6)35(20-19-34)55-45(33(41)10)23-22-25(2)36(56-45)24-28(5)46/h13-15,17-18,21,25-36,38,40-42,46,48,50-51,53H,12,16,19-20,22-24H2,1-11H3/t25-,26-,27+,28-,29+,30-,31-,32-,33-,34-,35+,36-,38+,40+,41-,42-,44+,45+/m1/s1. The number of Topliss-reactive ketones (excluding diaryl/α,β-unsaturated/α-hetero) is 2. The number of aliphatic hydroxyl groups excluding tert-OH is 4. The van der Waals surface area contributed by atoms with Gasteiger partial charge in [0.05, 0.1) is 36.6 Å². The van der Waals surface area contributed by atoms with E-state index in [2.05, 4.69) is 19.9 Å². The van der Waals surface area contributed by atoms with E-state index < -0.39 is 89.0 Å². The minimum absolute atomic E-state index is 0.168. The summed E-state index contributed by atoms with van der Waals surface area (Å²) in [5.41, 5.74) is -2.18. The number of ether oxygens (including phenoxy) is 3. The number of fused-ring (bicyclic) bond motifs is 2. The minimum atomic E-state index is -2.18. The molecule has 3 aliphatic rings. The number of esters is 1. The van der Waals surface area contributed by atoms with Crippen LogP contribution in [0.5, 0.6) is 0 Å². The Bertz CT molecular complexity index is 1390. The van der Waals surface area contributed by atoms with Crippen LogP contribution in [0, 0.1) is 53.3 Å². The lowest BCUT2D eigenvalue weighted by molar-refractivity contribution is -0.371. The number of ketones is 2. The van der Waals surface area contributed by atoms with Gasteiger partial charge in [0.25, 0.3) is 0 Å². The lowest BCUT2D eigenvalue weighted by Crippen LogP contribution is -2.62. The van der Waals surface area contributed by atoms with E-state index in [-0.39, 0.29) is 35.9 Å². The van der Waals surface area contributed by atoms with Crippen LogP contribution in [0.2, 0.25) is 0 Å². The Balaban J connectivity index is 1.99. The van der Waals surface area contributed by atoms with Gasteiger partial charge < -0.3 is 39.7 Å². The van der Waals surface area contributed by atoms with Gasteiger partial charge in [-0.05, 0) is 70.1 Å². The Hall–Kier alpha value is -2.25. The first-order valence-corrected chi connectivity index (χ1v) is 21.2. The highest BCUT2D eigenvalue weighted by Gasteiger charge is 2.56. The molecule has 3 aliphatic heterocycles. The number of allylic oxidation sites excluding steroid dienone is 4. The summed E-state index contributed by atoms with van der Waals surface area (Å²) in [5, 5.41) is 55.0. The average Bonchev–Trinajstić information content (AvgIpc) is 3.16. The number of aliphatic hydroxyl groups is 5. The largest absolute Gasteiger partial charge is 0.458 e. The maximum atomic E-state index is 13.5. The molecule has 11 nitrogen and oxygen atoms in total. The van der Waals surface area contributed by atoms with Gasteiger partial charge in [0.1, 0.15) is 17.5 Å². The summed E-state index contributed by atoms with van der Waals surface area (Å²) in [6, 6.07) is 0. The Morgan fingerprint density at radius 2 is 1.48 bits per heavy atom. The van der Waals surface area contributed by atoms with Crippen LogP contribution < -0.4 is 0 Å². The van der Waals surface area contributed by atoms with Crippen LogP contribution in [0.25, 0.3) is 0 Å². The van der Waals surface area contributed by atoms with Gasteiger partial charge in [-0.25, -0.2) is 4.79 Å². The zero-order chi connectivity index (χ0) is 42.3. The van der Waals surface area contributed by atoms with E-state index in [9.17, 15) is 39.9 Å². The van der Waals surface area contributed by atoms with Crippen molar-refractivity contribution in [2.45, 2.75) is 175 Å². The van der Waals surface area contributed by atoms with Crippen molar-refractivity contribution < 1.29 is 54.1 Å². The third-order valence-corrected chi connectivity index (χ3v) is 13.4. The highest BCUT2D eigenvalue weighted by Crippen LogP contribution is 2.49. The molecule has 2 fully saturated rings. The Labute approximate surface area is 336 Å². The zero-order valence-electron chi connectivity index (χ0n) is 35.8. The summed E-state index contributed by atoms with van der Waals surface area (Å²) in [7, 11) is 0. The highest BCUT2D eigenvalue weighted by molar-refractivity contribution is 5.91. The van der Waals surface area contributed by atoms with Gasteiger partial charge in [-0.15, -0.1) is 0 Å². The van der Waals surface area contributed by atoms with E-state index in [1.54, 1.807) is 20.8 Å². The van der Waals surface area contributed by atoms with E-state index in [4.69, 9.17) is 14.2 Å². The Kier molecular flexibility index (Phi) is 17.7. The van der Waals surface area contributed by atoms with Crippen LogP contribution in [0.3, 0.4) is 0 Å². The molecule has 0 radical (unpaired) electrons. The quantitative estimate of drug-likeness (QED) is 0.216. The average molecular weight is 791 g/mol. The van der Waals surface area contributed by atoms with Crippen molar-refractivity contribution in [2.75, 3.05) is 0 Å². The van der Waals surface area contributed by atoms with Crippen molar-refractivity contribution in [3.8, 4) is 0 Å². The van der Waals surface area contributed by atoms with Gasteiger partial charge in [0.2, 0.25) is 0 Å².